The molecule has 1 amide bonds. The number of hydrogen-bond acceptors (Lipinski definition) is 4. The summed E-state index contributed by atoms with van der Waals surface area (Å²) in [5.74, 6) is 0.770. The quantitative estimate of drug-likeness (QED) is 0.671. The monoisotopic (exact) mass is 487 g/mol. The largest absolute Gasteiger partial charge is 0.390 e. The standard InChI is InChI=1S/C28H42FN3O3/c1-26(35)12-13-28(29)19(14-26)6-5-7-20-21-8-9-23(27(21,2)11-10-22(20)28)24(33)17-32-16-18(15-30-32)25(34)31(3)4/h15-16,19-23,35H,5-14,17H2,1-4H3/t19-,20-,21+,22+,23-,26-,27+,28-/m1/s1. The number of amides is 1. The van der Waals surface area contributed by atoms with Gasteiger partial charge < -0.3 is 10.0 Å². The van der Waals surface area contributed by atoms with Gasteiger partial charge in [-0.3, -0.25) is 14.3 Å². The first-order valence-electron chi connectivity index (χ1n) is 13.6. The molecule has 6 nitrogen and oxygen atoms in total. The lowest BCUT2D eigenvalue weighted by Crippen LogP contribution is -2.54. The number of halogens is 1. The van der Waals surface area contributed by atoms with Gasteiger partial charge in [0.25, 0.3) is 5.91 Å². The summed E-state index contributed by atoms with van der Waals surface area (Å²) in [5.41, 5.74) is -1.51. The molecule has 4 fully saturated rings. The minimum Gasteiger partial charge on any atom is -0.390 e. The molecule has 194 valence electrons. The summed E-state index contributed by atoms with van der Waals surface area (Å²) in [6.45, 7) is 4.34. The summed E-state index contributed by atoms with van der Waals surface area (Å²) in [7, 11) is 3.40. The SMILES string of the molecule is CN(C)C(=O)c1cnn(CC(=O)[C@H]2CC[C@H]3[C@H]4CCC[C@@H]5C[C@](C)(O)CC[C@]5(F)[C@H]4CC[C@]23C)c1. The molecule has 1 aromatic rings. The van der Waals surface area contributed by atoms with E-state index in [1.165, 1.54) is 11.1 Å². The van der Waals surface area contributed by atoms with Gasteiger partial charge in [0.05, 0.1) is 23.9 Å². The second-order valence-electron chi connectivity index (χ2n) is 12.9. The summed E-state index contributed by atoms with van der Waals surface area (Å²) >= 11 is 0. The first-order valence-corrected chi connectivity index (χ1v) is 13.6. The lowest BCUT2D eigenvalue weighted by atomic mass is 9.52. The van der Waals surface area contributed by atoms with Crippen LogP contribution in [0.4, 0.5) is 4.39 Å². The molecule has 7 heteroatoms. The number of aromatic nitrogens is 2. The van der Waals surface area contributed by atoms with Gasteiger partial charge in [0, 0.05) is 26.2 Å². The Morgan fingerprint density at radius 3 is 2.63 bits per heavy atom. The minimum absolute atomic E-state index is 0.0349. The van der Waals surface area contributed by atoms with Gasteiger partial charge in [0.15, 0.2) is 5.78 Å². The van der Waals surface area contributed by atoms with Crippen molar-refractivity contribution in [1.29, 1.82) is 0 Å². The smallest absolute Gasteiger partial charge is 0.256 e. The van der Waals surface area contributed by atoms with Gasteiger partial charge in [-0.1, -0.05) is 13.3 Å². The fourth-order valence-corrected chi connectivity index (χ4v) is 8.80. The molecule has 8 atom stereocenters. The predicted octanol–water partition coefficient (Wildman–Crippen LogP) is 4.66. The Morgan fingerprint density at radius 2 is 1.89 bits per heavy atom. The molecule has 0 aliphatic heterocycles. The molecule has 0 saturated heterocycles. The van der Waals surface area contributed by atoms with Gasteiger partial charge >= 0.3 is 0 Å². The highest BCUT2D eigenvalue weighted by molar-refractivity contribution is 5.93. The van der Waals surface area contributed by atoms with Crippen molar-refractivity contribution in [3.05, 3.63) is 18.0 Å². The Bertz CT molecular complexity index is 990. The van der Waals surface area contributed by atoms with Crippen molar-refractivity contribution < 1.29 is 19.1 Å². The van der Waals surface area contributed by atoms with E-state index in [4.69, 9.17) is 0 Å². The van der Waals surface area contributed by atoms with E-state index in [9.17, 15) is 14.7 Å². The molecule has 35 heavy (non-hydrogen) atoms. The molecule has 5 rings (SSSR count). The van der Waals surface area contributed by atoms with Crippen molar-refractivity contribution in [2.45, 2.75) is 95.9 Å². The zero-order chi connectivity index (χ0) is 25.2. The third-order valence-electron chi connectivity index (χ3n) is 10.5. The van der Waals surface area contributed by atoms with Crippen LogP contribution in [-0.4, -0.2) is 56.8 Å². The van der Waals surface area contributed by atoms with E-state index in [2.05, 4.69) is 12.0 Å². The zero-order valence-corrected chi connectivity index (χ0v) is 21.8. The van der Waals surface area contributed by atoms with Crippen molar-refractivity contribution >= 4 is 11.7 Å². The maximum Gasteiger partial charge on any atom is 0.256 e. The Hall–Kier alpha value is -1.76. The Labute approximate surface area is 208 Å². The summed E-state index contributed by atoms with van der Waals surface area (Å²) in [6.07, 6.45) is 11.4. The van der Waals surface area contributed by atoms with Crippen LogP contribution in [0.15, 0.2) is 12.4 Å². The molecule has 1 aromatic heterocycles. The molecular weight excluding hydrogens is 445 g/mol. The molecule has 4 aliphatic rings. The lowest BCUT2D eigenvalue weighted by Gasteiger charge is -2.54. The molecule has 0 aromatic carbocycles. The molecule has 0 radical (unpaired) electrons. The average Bonchev–Trinajstić information content (AvgIpc) is 3.36. The zero-order valence-electron chi connectivity index (χ0n) is 21.8. The highest BCUT2D eigenvalue weighted by Crippen LogP contribution is 2.65. The summed E-state index contributed by atoms with van der Waals surface area (Å²) in [5, 5.41) is 14.9. The highest BCUT2D eigenvalue weighted by atomic mass is 19.1. The van der Waals surface area contributed by atoms with Crippen molar-refractivity contribution in [2.24, 2.45) is 35.0 Å². The van der Waals surface area contributed by atoms with E-state index in [1.54, 1.807) is 25.0 Å². The summed E-state index contributed by atoms with van der Waals surface area (Å²) in [6, 6.07) is 0. The van der Waals surface area contributed by atoms with Crippen LogP contribution < -0.4 is 0 Å². The third kappa shape index (κ3) is 4.15. The number of Topliss-reactive ketones (excluding diaryl/α,β-unsaturated/α-hetero) is 1. The van der Waals surface area contributed by atoms with E-state index in [-0.39, 0.29) is 41.4 Å². The van der Waals surface area contributed by atoms with Crippen LogP contribution in [0, 0.1) is 35.0 Å². The Balaban J connectivity index is 1.32. The maximum absolute atomic E-state index is 16.8. The van der Waals surface area contributed by atoms with Crippen molar-refractivity contribution in [3.63, 3.8) is 0 Å². The van der Waals surface area contributed by atoms with Gasteiger partial charge in [-0.15, -0.1) is 0 Å². The normalized spacial score (nSPS) is 43.0. The topological polar surface area (TPSA) is 75.4 Å². The number of carbonyl (C=O) groups is 2. The van der Waals surface area contributed by atoms with Crippen molar-refractivity contribution in [3.8, 4) is 0 Å². The fourth-order valence-electron chi connectivity index (χ4n) is 8.80. The van der Waals surface area contributed by atoms with Crippen LogP contribution in [-0.2, 0) is 11.3 Å². The van der Waals surface area contributed by atoms with E-state index in [0.29, 0.717) is 36.7 Å². The third-order valence-corrected chi connectivity index (χ3v) is 10.5. The molecule has 4 saturated carbocycles. The first kappa shape index (κ1) is 24.9. The maximum atomic E-state index is 16.8. The van der Waals surface area contributed by atoms with E-state index in [0.717, 1.165) is 44.9 Å². The van der Waals surface area contributed by atoms with Gasteiger partial charge in [0.2, 0.25) is 0 Å². The molecule has 0 bridgehead atoms. The highest BCUT2D eigenvalue weighted by Gasteiger charge is 2.62. The second kappa shape index (κ2) is 8.67. The van der Waals surface area contributed by atoms with Crippen LogP contribution in [0.2, 0.25) is 0 Å². The number of aliphatic hydroxyl groups is 1. The number of ketones is 1. The number of rotatable bonds is 4. The van der Waals surface area contributed by atoms with Gasteiger partial charge in [0.1, 0.15) is 5.67 Å². The molecule has 4 aliphatic carbocycles. The lowest BCUT2D eigenvalue weighted by molar-refractivity contribution is -0.139. The average molecular weight is 488 g/mol. The summed E-state index contributed by atoms with van der Waals surface area (Å²) < 4.78 is 18.4. The van der Waals surface area contributed by atoms with Crippen LogP contribution in [0.25, 0.3) is 0 Å². The Morgan fingerprint density at radius 1 is 1.11 bits per heavy atom. The van der Waals surface area contributed by atoms with Crippen LogP contribution in [0.3, 0.4) is 0 Å². The molecular formula is C28H42FN3O3. The molecule has 1 heterocycles. The number of carbonyl (C=O) groups excluding carboxylic acids is 2. The van der Waals surface area contributed by atoms with Gasteiger partial charge in [-0.25, -0.2) is 4.39 Å². The predicted molar refractivity (Wildman–Crippen MR) is 131 cm³/mol. The van der Waals surface area contributed by atoms with E-state index >= 15 is 4.39 Å². The van der Waals surface area contributed by atoms with Crippen LogP contribution >= 0.6 is 0 Å². The van der Waals surface area contributed by atoms with Crippen molar-refractivity contribution in [1.82, 2.24) is 14.7 Å². The van der Waals surface area contributed by atoms with Crippen molar-refractivity contribution in [2.75, 3.05) is 14.1 Å². The first-order chi connectivity index (χ1) is 16.4. The number of alkyl halides is 1. The Kier molecular flexibility index (Phi) is 6.17. The summed E-state index contributed by atoms with van der Waals surface area (Å²) in [4.78, 5) is 27.2. The van der Waals surface area contributed by atoms with Crippen LogP contribution in [0.1, 0.15) is 88.4 Å². The van der Waals surface area contributed by atoms with Gasteiger partial charge in [-0.2, -0.15) is 5.10 Å². The number of hydrogen-bond donors (Lipinski definition) is 1. The van der Waals surface area contributed by atoms with E-state index in [1.807, 2.05) is 6.92 Å². The molecule has 0 unspecified atom stereocenters. The fraction of sp³-hybridized carbons (Fsp3) is 0.821. The minimum atomic E-state index is -1.17. The number of nitrogens with zero attached hydrogens (tertiary/aromatic N) is 3. The van der Waals surface area contributed by atoms with E-state index < -0.39 is 11.3 Å². The molecule has 0 spiro atoms. The van der Waals surface area contributed by atoms with Crippen LogP contribution in [0.5, 0.6) is 0 Å². The number of fused-ring (bicyclic) bond motifs is 5. The second-order valence-corrected chi connectivity index (χ2v) is 12.9. The van der Waals surface area contributed by atoms with Gasteiger partial charge in [-0.05, 0) is 93.8 Å². The molecule has 1 N–H and O–H groups in total.